The molecule has 0 radical (unpaired) electrons. The van der Waals surface area contributed by atoms with Crippen molar-refractivity contribution in [1.82, 2.24) is 5.32 Å². The summed E-state index contributed by atoms with van der Waals surface area (Å²) in [6.45, 7) is 1.96. The minimum Gasteiger partial charge on any atom is -0.377 e. The summed E-state index contributed by atoms with van der Waals surface area (Å²) >= 11 is 0. The molecule has 1 aliphatic carbocycles. The largest absolute Gasteiger partial charge is 0.377 e. The van der Waals surface area contributed by atoms with Crippen LogP contribution in [0.1, 0.15) is 30.4 Å². The third-order valence-corrected chi connectivity index (χ3v) is 4.32. The van der Waals surface area contributed by atoms with Crippen molar-refractivity contribution < 1.29 is 9.13 Å². The van der Waals surface area contributed by atoms with Crippen LogP contribution in [-0.2, 0) is 11.2 Å². The fourth-order valence-electron chi connectivity index (χ4n) is 2.88. The molecule has 0 bridgehead atoms. The number of rotatable bonds is 5. The molecule has 3 heteroatoms. The van der Waals surface area contributed by atoms with Gasteiger partial charge in [-0.2, -0.15) is 0 Å². The number of aryl methyl sites for hydroxylation is 1. The lowest BCUT2D eigenvalue weighted by Crippen LogP contribution is -2.56. The molecule has 0 aliphatic heterocycles. The smallest absolute Gasteiger partial charge is 0.123 e. The maximum absolute atomic E-state index is 13.1. The average molecular weight is 251 g/mol. The van der Waals surface area contributed by atoms with E-state index in [1.807, 2.05) is 20.0 Å². The Morgan fingerprint density at radius 3 is 2.61 bits per heavy atom. The second kappa shape index (κ2) is 5.37. The van der Waals surface area contributed by atoms with Crippen LogP contribution >= 0.6 is 0 Å². The van der Waals surface area contributed by atoms with Gasteiger partial charge in [-0.3, -0.25) is 0 Å². The lowest BCUT2D eigenvalue weighted by atomic mass is 9.72. The molecule has 2 nitrogen and oxygen atoms in total. The summed E-state index contributed by atoms with van der Waals surface area (Å²) in [4.78, 5) is 0. The molecule has 0 heterocycles. The Kier molecular flexibility index (Phi) is 4.03. The van der Waals surface area contributed by atoms with E-state index in [1.165, 1.54) is 18.1 Å². The van der Waals surface area contributed by atoms with Gasteiger partial charge < -0.3 is 10.1 Å². The molecule has 1 saturated carbocycles. The molecular weight excluding hydrogens is 229 g/mol. The summed E-state index contributed by atoms with van der Waals surface area (Å²) in [5.74, 6) is -0.164. The second-order valence-corrected chi connectivity index (χ2v) is 5.24. The van der Waals surface area contributed by atoms with E-state index in [9.17, 15) is 4.39 Å². The van der Waals surface area contributed by atoms with Crippen molar-refractivity contribution in [2.24, 2.45) is 0 Å². The van der Waals surface area contributed by atoms with E-state index in [-0.39, 0.29) is 11.4 Å². The summed E-state index contributed by atoms with van der Waals surface area (Å²) in [7, 11) is 3.77. The van der Waals surface area contributed by atoms with Gasteiger partial charge in [-0.25, -0.2) is 4.39 Å². The molecule has 1 aromatic rings. The quantitative estimate of drug-likeness (QED) is 0.869. The molecule has 1 aliphatic rings. The predicted molar refractivity (Wildman–Crippen MR) is 71.3 cm³/mol. The van der Waals surface area contributed by atoms with Gasteiger partial charge in [-0.05, 0) is 62.9 Å². The zero-order valence-electron chi connectivity index (χ0n) is 11.4. The maximum Gasteiger partial charge on any atom is 0.123 e. The Hall–Kier alpha value is -0.930. The Morgan fingerprint density at radius 1 is 1.44 bits per heavy atom. The number of hydrogen-bond donors (Lipinski definition) is 1. The molecule has 2 rings (SSSR count). The fraction of sp³-hybridized carbons (Fsp3) is 0.600. The Bertz CT molecular complexity index is 409. The van der Waals surface area contributed by atoms with E-state index in [4.69, 9.17) is 4.74 Å². The maximum atomic E-state index is 13.1. The highest BCUT2D eigenvalue weighted by molar-refractivity contribution is 5.28. The van der Waals surface area contributed by atoms with E-state index in [2.05, 4.69) is 5.32 Å². The third-order valence-electron chi connectivity index (χ3n) is 4.32. The van der Waals surface area contributed by atoms with Gasteiger partial charge in [0, 0.05) is 13.2 Å². The fourth-order valence-corrected chi connectivity index (χ4v) is 2.88. The van der Waals surface area contributed by atoms with Gasteiger partial charge in [0.05, 0.1) is 5.60 Å². The predicted octanol–water partition coefficient (Wildman–Crippen LogP) is 2.83. The first-order chi connectivity index (χ1) is 8.61. The van der Waals surface area contributed by atoms with Crippen molar-refractivity contribution in [3.8, 4) is 0 Å². The van der Waals surface area contributed by atoms with Crippen LogP contribution in [0.25, 0.3) is 0 Å². The van der Waals surface area contributed by atoms with E-state index in [0.29, 0.717) is 6.04 Å². The van der Waals surface area contributed by atoms with Crippen molar-refractivity contribution in [3.05, 3.63) is 35.1 Å². The number of methoxy groups -OCH3 is 1. The van der Waals surface area contributed by atoms with Gasteiger partial charge in [-0.1, -0.05) is 6.07 Å². The van der Waals surface area contributed by atoms with E-state index in [1.54, 1.807) is 13.2 Å². The molecule has 0 aromatic heterocycles. The zero-order valence-corrected chi connectivity index (χ0v) is 11.4. The van der Waals surface area contributed by atoms with Crippen molar-refractivity contribution in [3.63, 3.8) is 0 Å². The first kappa shape index (κ1) is 13.5. The molecule has 1 aromatic carbocycles. The van der Waals surface area contributed by atoms with Crippen LogP contribution in [0, 0.1) is 12.7 Å². The summed E-state index contributed by atoms with van der Waals surface area (Å²) in [6, 6.07) is 5.31. The molecular formula is C15H22FNO. The van der Waals surface area contributed by atoms with Crippen LogP contribution in [0.4, 0.5) is 4.39 Å². The van der Waals surface area contributed by atoms with Gasteiger partial charge in [0.2, 0.25) is 0 Å². The Balaban J connectivity index is 2.15. The third kappa shape index (κ3) is 2.43. The molecule has 1 fully saturated rings. The topological polar surface area (TPSA) is 21.3 Å². The summed E-state index contributed by atoms with van der Waals surface area (Å²) in [5, 5.41) is 3.37. The Morgan fingerprint density at radius 2 is 2.17 bits per heavy atom. The first-order valence-electron chi connectivity index (χ1n) is 6.59. The highest BCUT2D eigenvalue weighted by Gasteiger charge is 2.43. The number of halogens is 1. The van der Waals surface area contributed by atoms with Crippen LogP contribution in [-0.4, -0.2) is 25.8 Å². The number of benzene rings is 1. The zero-order chi connectivity index (χ0) is 13.2. The van der Waals surface area contributed by atoms with Crippen molar-refractivity contribution in [2.75, 3.05) is 14.2 Å². The van der Waals surface area contributed by atoms with Crippen LogP contribution in [0.5, 0.6) is 0 Å². The number of ether oxygens (including phenoxy) is 1. The molecule has 0 spiro atoms. The van der Waals surface area contributed by atoms with E-state index in [0.717, 1.165) is 24.8 Å². The lowest BCUT2D eigenvalue weighted by Gasteiger charge is -2.46. The molecule has 0 amide bonds. The molecule has 1 unspecified atom stereocenters. The van der Waals surface area contributed by atoms with Crippen LogP contribution < -0.4 is 5.32 Å². The van der Waals surface area contributed by atoms with Crippen LogP contribution in [0.15, 0.2) is 18.2 Å². The number of hydrogen-bond acceptors (Lipinski definition) is 2. The SMILES string of the molecule is CNC(Cc1ccc(F)cc1C)C1(OC)CCC1. The lowest BCUT2D eigenvalue weighted by molar-refractivity contribution is -0.0966. The molecule has 100 valence electrons. The second-order valence-electron chi connectivity index (χ2n) is 5.24. The van der Waals surface area contributed by atoms with Gasteiger partial charge in [-0.15, -0.1) is 0 Å². The van der Waals surface area contributed by atoms with Crippen molar-refractivity contribution >= 4 is 0 Å². The van der Waals surface area contributed by atoms with Gasteiger partial charge >= 0.3 is 0 Å². The molecule has 1 N–H and O–H groups in total. The molecule has 0 saturated heterocycles. The Labute approximate surface area is 109 Å². The van der Waals surface area contributed by atoms with Gasteiger partial charge in [0.25, 0.3) is 0 Å². The molecule has 18 heavy (non-hydrogen) atoms. The monoisotopic (exact) mass is 251 g/mol. The van der Waals surface area contributed by atoms with Crippen LogP contribution in [0.3, 0.4) is 0 Å². The normalized spacial score (nSPS) is 19.3. The molecule has 1 atom stereocenters. The van der Waals surface area contributed by atoms with E-state index >= 15 is 0 Å². The minimum atomic E-state index is -0.164. The standard InChI is InChI=1S/C15H22FNO/c1-11-9-13(16)6-5-12(11)10-14(17-2)15(18-3)7-4-8-15/h5-6,9,14,17H,4,7-8,10H2,1-3H3. The highest BCUT2D eigenvalue weighted by Crippen LogP contribution is 2.39. The van der Waals surface area contributed by atoms with Crippen molar-refractivity contribution in [2.45, 2.75) is 44.2 Å². The van der Waals surface area contributed by atoms with Crippen LogP contribution in [0.2, 0.25) is 0 Å². The van der Waals surface area contributed by atoms with Gasteiger partial charge in [0.1, 0.15) is 5.82 Å². The van der Waals surface area contributed by atoms with Crippen molar-refractivity contribution in [1.29, 1.82) is 0 Å². The first-order valence-corrected chi connectivity index (χ1v) is 6.59. The minimum absolute atomic E-state index is 0.0322. The van der Waals surface area contributed by atoms with Gasteiger partial charge in [0.15, 0.2) is 0 Å². The number of nitrogens with one attached hydrogen (secondary N) is 1. The summed E-state index contributed by atoms with van der Waals surface area (Å²) < 4.78 is 18.8. The highest BCUT2D eigenvalue weighted by atomic mass is 19.1. The van der Waals surface area contributed by atoms with E-state index < -0.39 is 0 Å². The summed E-state index contributed by atoms with van der Waals surface area (Å²) in [6.07, 6.45) is 4.33. The summed E-state index contributed by atoms with van der Waals surface area (Å²) in [5.41, 5.74) is 2.18. The average Bonchev–Trinajstić information content (AvgIpc) is 2.29. The number of likely N-dealkylation sites (N-methyl/N-ethyl adjacent to an activating group) is 1.